The molecule has 5 aromatic rings. The summed E-state index contributed by atoms with van der Waals surface area (Å²) in [5, 5.41) is 14.3. The van der Waals surface area contributed by atoms with Crippen molar-refractivity contribution in [2.45, 2.75) is 19.9 Å². The summed E-state index contributed by atoms with van der Waals surface area (Å²) >= 11 is 6.31. The minimum absolute atomic E-state index is 0.0721. The molecule has 0 bridgehead atoms. The zero-order chi connectivity index (χ0) is 24.0. The lowest BCUT2D eigenvalue weighted by atomic mass is 10.1. The van der Waals surface area contributed by atoms with Gasteiger partial charge in [0.25, 0.3) is 11.4 Å². The molecular formula is C21H17ClFN9O2. The number of nitrogen functional groups attached to an aromatic ring is 1. The van der Waals surface area contributed by atoms with Crippen LogP contribution in [0.5, 0.6) is 0 Å². The molecule has 0 saturated heterocycles. The fourth-order valence-electron chi connectivity index (χ4n) is 3.69. The standard InChI is InChI=1S/C21H17ClFN9O2/c1-9(27-19-17(18(24)25-8-26-19)20-28-10(2)31-34-20)13-6-11-4-3-5-12(22)16(11)21(33)32(13)15-7-14(23)29-30-15/h3-9H,1-2H3,(H,29,30)(H3,24,25,26,27)/t9-/m0/s1. The van der Waals surface area contributed by atoms with E-state index in [1.54, 1.807) is 38.1 Å². The highest BCUT2D eigenvalue weighted by atomic mass is 35.5. The fraction of sp³-hybridized carbons (Fsp3) is 0.143. The van der Waals surface area contributed by atoms with Crippen LogP contribution in [0.15, 0.2) is 46.0 Å². The molecule has 0 spiro atoms. The van der Waals surface area contributed by atoms with Crippen molar-refractivity contribution in [2.24, 2.45) is 0 Å². The number of aromatic nitrogens is 7. The Bertz CT molecular complexity index is 1590. The van der Waals surface area contributed by atoms with E-state index < -0.39 is 17.5 Å². The Morgan fingerprint density at radius 1 is 1.29 bits per heavy atom. The van der Waals surface area contributed by atoms with E-state index in [2.05, 4.69) is 35.6 Å². The average Bonchev–Trinajstić information content (AvgIpc) is 3.41. The number of hydrogen-bond donors (Lipinski definition) is 3. The molecule has 4 N–H and O–H groups in total. The van der Waals surface area contributed by atoms with Crippen molar-refractivity contribution in [3.8, 4) is 17.3 Å². The zero-order valence-electron chi connectivity index (χ0n) is 17.9. The summed E-state index contributed by atoms with van der Waals surface area (Å²) < 4.78 is 20.3. The topological polar surface area (TPSA) is 153 Å². The van der Waals surface area contributed by atoms with Gasteiger partial charge in [-0.25, -0.2) is 9.97 Å². The van der Waals surface area contributed by atoms with Gasteiger partial charge in [0, 0.05) is 6.07 Å². The maximum absolute atomic E-state index is 13.8. The first-order chi connectivity index (χ1) is 16.3. The highest BCUT2D eigenvalue weighted by molar-refractivity contribution is 6.35. The minimum Gasteiger partial charge on any atom is -0.383 e. The number of anilines is 2. The molecule has 34 heavy (non-hydrogen) atoms. The van der Waals surface area contributed by atoms with Crippen LogP contribution in [0.2, 0.25) is 5.02 Å². The van der Waals surface area contributed by atoms with E-state index in [1.807, 2.05) is 0 Å². The van der Waals surface area contributed by atoms with Gasteiger partial charge in [0.2, 0.25) is 5.95 Å². The van der Waals surface area contributed by atoms with E-state index in [0.717, 1.165) is 6.07 Å². The third-order valence-corrected chi connectivity index (χ3v) is 5.52. The Hall–Kier alpha value is -4.32. The highest BCUT2D eigenvalue weighted by Crippen LogP contribution is 2.32. The lowest BCUT2D eigenvalue weighted by Crippen LogP contribution is -2.26. The molecule has 11 nitrogen and oxygen atoms in total. The number of H-pyrrole nitrogens is 1. The van der Waals surface area contributed by atoms with Crippen molar-refractivity contribution in [3.05, 3.63) is 69.5 Å². The molecule has 13 heteroatoms. The predicted molar refractivity (Wildman–Crippen MR) is 123 cm³/mol. The number of rotatable bonds is 5. The largest absolute Gasteiger partial charge is 0.383 e. The van der Waals surface area contributed by atoms with Gasteiger partial charge in [0.15, 0.2) is 11.6 Å². The molecule has 172 valence electrons. The van der Waals surface area contributed by atoms with Gasteiger partial charge in [-0.3, -0.25) is 14.5 Å². The second kappa shape index (κ2) is 8.23. The van der Waals surface area contributed by atoms with Crippen molar-refractivity contribution >= 4 is 34.0 Å². The van der Waals surface area contributed by atoms with Gasteiger partial charge in [-0.05, 0) is 31.4 Å². The van der Waals surface area contributed by atoms with Gasteiger partial charge in [-0.2, -0.15) is 14.5 Å². The first-order valence-corrected chi connectivity index (χ1v) is 10.4. The van der Waals surface area contributed by atoms with Gasteiger partial charge in [0.05, 0.1) is 22.1 Å². The van der Waals surface area contributed by atoms with Gasteiger partial charge >= 0.3 is 0 Å². The molecule has 4 heterocycles. The summed E-state index contributed by atoms with van der Waals surface area (Å²) in [4.78, 5) is 26.0. The molecule has 0 aliphatic rings. The first kappa shape index (κ1) is 21.5. The number of benzene rings is 1. The van der Waals surface area contributed by atoms with E-state index in [-0.39, 0.29) is 27.9 Å². The smallest absolute Gasteiger partial charge is 0.266 e. The number of aromatic amines is 1. The summed E-state index contributed by atoms with van der Waals surface area (Å²) in [5.74, 6) is 0.376. The molecular weight excluding hydrogens is 465 g/mol. The number of nitrogens with zero attached hydrogens (tertiary/aromatic N) is 6. The van der Waals surface area contributed by atoms with Crippen LogP contribution in [0.25, 0.3) is 28.0 Å². The average molecular weight is 482 g/mol. The number of hydrogen-bond acceptors (Lipinski definition) is 9. The summed E-state index contributed by atoms with van der Waals surface area (Å²) in [6, 6.07) is 7.47. The Morgan fingerprint density at radius 2 is 2.12 bits per heavy atom. The van der Waals surface area contributed by atoms with Crippen molar-refractivity contribution < 1.29 is 8.91 Å². The molecule has 0 unspecified atom stereocenters. The monoisotopic (exact) mass is 481 g/mol. The van der Waals surface area contributed by atoms with Crippen LogP contribution in [0.1, 0.15) is 24.5 Å². The second-order valence-corrected chi connectivity index (χ2v) is 7.89. The van der Waals surface area contributed by atoms with Gasteiger partial charge in [-0.15, -0.1) is 0 Å². The van der Waals surface area contributed by atoms with Crippen molar-refractivity contribution in [3.63, 3.8) is 0 Å². The summed E-state index contributed by atoms with van der Waals surface area (Å²) in [6.07, 6.45) is 1.29. The van der Waals surface area contributed by atoms with Crippen LogP contribution in [0, 0.1) is 12.9 Å². The molecule has 1 aromatic carbocycles. The van der Waals surface area contributed by atoms with Crippen LogP contribution in [0.3, 0.4) is 0 Å². The van der Waals surface area contributed by atoms with E-state index in [0.29, 0.717) is 28.3 Å². The molecule has 0 radical (unpaired) electrons. The summed E-state index contributed by atoms with van der Waals surface area (Å²) in [6.45, 7) is 3.47. The van der Waals surface area contributed by atoms with Gasteiger partial charge < -0.3 is 15.6 Å². The Kier molecular flexibility index (Phi) is 5.21. The SMILES string of the molecule is Cc1noc(-c2c(N)ncnc2N[C@@H](C)c2cc3cccc(Cl)c3c(=O)n2-c2cc(F)[nH]n2)n1. The van der Waals surface area contributed by atoms with Crippen molar-refractivity contribution in [1.82, 2.24) is 34.9 Å². The van der Waals surface area contributed by atoms with E-state index in [9.17, 15) is 9.18 Å². The molecule has 0 saturated carbocycles. The predicted octanol–water partition coefficient (Wildman–Crippen LogP) is 3.41. The number of fused-ring (bicyclic) bond motifs is 1. The molecule has 0 aliphatic carbocycles. The quantitative estimate of drug-likeness (QED) is 0.342. The third-order valence-electron chi connectivity index (χ3n) is 5.20. The Balaban J connectivity index is 1.67. The molecule has 1 atom stereocenters. The van der Waals surface area contributed by atoms with E-state index in [1.165, 1.54) is 10.9 Å². The highest BCUT2D eigenvalue weighted by Gasteiger charge is 2.23. The number of nitrogens with two attached hydrogens (primary N) is 1. The molecule has 0 aliphatic heterocycles. The van der Waals surface area contributed by atoms with Gasteiger partial charge in [-0.1, -0.05) is 28.9 Å². The van der Waals surface area contributed by atoms with Gasteiger partial charge in [0.1, 0.15) is 23.5 Å². The van der Waals surface area contributed by atoms with Crippen LogP contribution in [-0.2, 0) is 0 Å². The van der Waals surface area contributed by atoms with Crippen LogP contribution in [-0.4, -0.2) is 34.9 Å². The van der Waals surface area contributed by atoms with E-state index in [4.69, 9.17) is 21.9 Å². The molecule has 0 amide bonds. The van der Waals surface area contributed by atoms with Crippen molar-refractivity contribution in [1.29, 1.82) is 0 Å². The Labute approximate surface area is 195 Å². The number of aryl methyl sites for hydroxylation is 1. The van der Waals surface area contributed by atoms with E-state index >= 15 is 0 Å². The lowest BCUT2D eigenvalue weighted by molar-refractivity contribution is 0.425. The number of pyridine rings is 1. The maximum atomic E-state index is 13.8. The lowest BCUT2D eigenvalue weighted by Gasteiger charge is -2.21. The number of nitrogens with one attached hydrogen (secondary N) is 2. The summed E-state index contributed by atoms with van der Waals surface area (Å²) in [5.41, 5.74) is 6.41. The normalized spacial score (nSPS) is 12.2. The fourth-order valence-corrected chi connectivity index (χ4v) is 3.96. The van der Waals surface area contributed by atoms with Crippen LogP contribution >= 0.6 is 11.6 Å². The molecule has 0 fully saturated rings. The zero-order valence-corrected chi connectivity index (χ0v) is 18.6. The van der Waals surface area contributed by atoms with Crippen LogP contribution < -0.4 is 16.6 Å². The second-order valence-electron chi connectivity index (χ2n) is 7.48. The first-order valence-electron chi connectivity index (χ1n) is 10.1. The summed E-state index contributed by atoms with van der Waals surface area (Å²) in [7, 11) is 0. The third kappa shape index (κ3) is 3.63. The number of halogens is 2. The maximum Gasteiger partial charge on any atom is 0.266 e. The minimum atomic E-state index is -0.689. The van der Waals surface area contributed by atoms with Crippen LogP contribution in [0.4, 0.5) is 16.0 Å². The van der Waals surface area contributed by atoms with Crippen molar-refractivity contribution in [2.75, 3.05) is 11.1 Å². The Morgan fingerprint density at radius 3 is 2.82 bits per heavy atom. The molecule has 5 rings (SSSR count). The molecule has 4 aromatic heterocycles.